The van der Waals surface area contributed by atoms with Gasteiger partial charge in [0.2, 0.25) is 0 Å². The third kappa shape index (κ3) is 2.86. The number of nitrogens with zero attached hydrogens (tertiary/aromatic N) is 2. The maximum atomic E-state index is 5.92. The molecule has 3 rings (SSSR count). The largest absolute Gasteiger partial charge is 0.353 e. The Hall–Kier alpha value is -1.22. The van der Waals surface area contributed by atoms with Crippen molar-refractivity contribution in [2.75, 3.05) is 20.1 Å². The molecule has 19 heavy (non-hydrogen) atoms. The standard InChI is InChI=1S/C15H20ClN3/c1-19-8-2-7-17-15(19)18-14-9-12(10-14)11-3-5-13(16)6-4-11/h3-6,12,14H,2,7-10H2,1H3,(H,17,18). The van der Waals surface area contributed by atoms with E-state index in [-0.39, 0.29) is 0 Å². The van der Waals surface area contributed by atoms with Gasteiger partial charge in [-0.25, -0.2) is 0 Å². The van der Waals surface area contributed by atoms with Crippen molar-refractivity contribution in [2.24, 2.45) is 4.99 Å². The Morgan fingerprint density at radius 1 is 1.26 bits per heavy atom. The van der Waals surface area contributed by atoms with Gasteiger partial charge >= 0.3 is 0 Å². The molecule has 0 atom stereocenters. The van der Waals surface area contributed by atoms with Crippen LogP contribution < -0.4 is 5.32 Å². The van der Waals surface area contributed by atoms with Crippen LogP contribution in [0.15, 0.2) is 29.3 Å². The van der Waals surface area contributed by atoms with Crippen molar-refractivity contribution in [2.45, 2.75) is 31.2 Å². The summed E-state index contributed by atoms with van der Waals surface area (Å²) in [6, 6.07) is 8.83. The number of nitrogens with one attached hydrogen (secondary N) is 1. The van der Waals surface area contributed by atoms with Crippen molar-refractivity contribution in [3.05, 3.63) is 34.9 Å². The third-order valence-electron chi connectivity index (χ3n) is 4.09. The molecule has 0 unspecified atom stereocenters. The average Bonchev–Trinajstić information content (AvgIpc) is 2.37. The molecule has 1 aliphatic carbocycles. The second-order valence-corrected chi connectivity index (χ2v) is 5.98. The van der Waals surface area contributed by atoms with Gasteiger partial charge in [0.1, 0.15) is 0 Å². The van der Waals surface area contributed by atoms with Crippen LogP contribution in [0, 0.1) is 0 Å². The molecule has 0 aromatic heterocycles. The highest BCUT2D eigenvalue weighted by Gasteiger charge is 2.31. The molecule has 1 fully saturated rings. The summed E-state index contributed by atoms with van der Waals surface area (Å²) >= 11 is 5.92. The van der Waals surface area contributed by atoms with Crippen LogP contribution in [0.4, 0.5) is 0 Å². The number of guanidine groups is 1. The van der Waals surface area contributed by atoms with Crippen molar-refractivity contribution in [3.63, 3.8) is 0 Å². The fourth-order valence-corrected chi connectivity index (χ4v) is 2.93. The SMILES string of the molecule is CN1CCCN=C1NC1CC(c2ccc(Cl)cc2)C1. The van der Waals surface area contributed by atoms with Crippen LogP contribution in [-0.4, -0.2) is 37.0 Å². The van der Waals surface area contributed by atoms with Gasteiger partial charge in [0.05, 0.1) is 0 Å². The second-order valence-electron chi connectivity index (χ2n) is 5.54. The summed E-state index contributed by atoms with van der Waals surface area (Å²) in [5.74, 6) is 1.75. The summed E-state index contributed by atoms with van der Waals surface area (Å²) < 4.78 is 0. The first-order chi connectivity index (χ1) is 9.22. The number of halogens is 1. The van der Waals surface area contributed by atoms with Crippen LogP contribution >= 0.6 is 11.6 Å². The molecule has 3 nitrogen and oxygen atoms in total. The van der Waals surface area contributed by atoms with E-state index < -0.39 is 0 Å². The summed E-state index contributed by atoms with van der Waals surface area (Å²) in [6.07, 6.45) is 3.54. The molecule has 1 aliphatic heterocycles. The van der Waals surface area contributed by atoms with Crippen LogP contribution in [0.3, 0.4) is 0 Å². The lowest BCUT2D eigenvalue weighted by molar-refractivity contribution is 0.308. The van der Waals surface area contributed by atoms with Crippen molar-refractivity contribution < 1.29 is 0 Å². The average molecular weight is 278 g/mol. The van der Waals surface area contributed by atoms with Crippen LogP contribution in [0.1, 0.15) is 30.7 Å². The van der Waals surface area contributed by atoms with E-state index >= 15 is 0 Å². The Morgan fingerprint density at radius 2 is 2.00 bits per heavy atom. The molecule has 102 valence electrons. The number of benzene rings is 1. The fourth-order valence-electron chi connectivity index (χ4n) is 2.80. The van der Waals surface area contributed by atoms with Gasteiger partial charge in [-0.05, 0) is 42.9 Å². The third-order valence-corrected chi connectivity index (χ3v) is 4.34. The Bertz CT molecular complexity index is 463. The quantitative estimate of drug-likeness (QED) is 0.900. The van der Waals surface area contributed by atoms with Crippen LogP contribution in [0.2, 0.25) is 5.02 Å². The zero-order chi connectivity index (χ0) is 13.2. The first-order valence-electron chi connectivity index (χ1n) is 7.00. The monoisotopic (exact) mass is 277 g/mol. The highest BCUT2D eigenvalue weighted by Crippen LogP contribution is 2.37. The van der Waals surface area contributed by atoms with Crippen LogP contribution in [0.25, 0.3) is 0 Å². The van der Waals surface area contributed by atoms with Crippen molar-refractivity contribution in [3.8, 4) is 0 Å². The maximum absolute atomic E-state index is 5.92. The van der Waals surface area contributed by atoms with Crippen LogP contribution in [-0.2, 0) is 0 Å². The molecule has 0 radical (unpaired) electrons. The second kappa shape index (κ2) is 5.41. The van der Waals surface area contributed by atoms with Crippen LogP contribution in [0.5, 0.6) is 0 Å². The summed E-state index contributed by atoms with van der Waals surface area (Å²) in [7, 11) is 2.11. The molecule has 0 spiro atoms. The highest BCUT2D eigenvalue weighted by atomic mass is 35.5. The minimum atomic E-state index is 0.569. The first kappa shape index (κ1) is 12.8. The number of hydrogen-bond donors (Lipinski definition) is 1. The topological polar surface area (TPSA) is 27.6 Å². The molecule has 0 saturated heterocycles. The molecule has 1 heterocycles. The molecular weight excluding hydrogens is 258 g/mol. The molecule has 2 aliphatic rings. The van der Waals surface area contributed by atoms with Gasteiger partial charge in [-0.2, -0.15) is 0 Å². The Labute approximate surface area is 119 Å². The Morgan fingerprint density at radius 3 is 2.68 bits per heavy atom. The van der Waals surface area contributed by atoms with E-state index in [1.54, 1.807) is 0 Å². The van der Waals surface area contributed by atoms with E-state index in [1.807, 2.05) is 12.1 Å². The van der Waals surface area contributed by atoms with Gasteiger partial charge < -0.3 is 10.2 Å². The fraction of sp³-hybridized carbons (Fsp3) is 0.533. The molecule has 4 heteroatoms. The van der Waals surface area contributed by atoms with Crippen molar-refractivity contribution in [1.29, 1.82) is 0 Å². The van der Waals surface area contributed by atoms with Gasteiger partial charge in [-0.3, -0.25) is 4.99 Å². The predicted octanol–water partition coefficient (Wildman–Crippen LogP) is 2.87. The molecule has 0 amide bonds. The minimum absolute atomic E-state index is 0.569. The summed E-state index contributed by atoms with van der Waals surface area (Å²) in [4.78, 5) is 6.78. The predicted molar refractivity (Wildman–Crippen MR) is 79.9 cm³/mol. The Balaban J connectivity index is 1.53. The summed E-state index contributed by atoms with van der Waals surface area (Å²) in [6.45, 7) is 2.07. The van der Waals surface area contributed by atoms with E-state index in [0.717, 1.165) is 24.1 Å². The number of aliphatic imine (C=N–C) groups is 1. The molecule has 1 aromatic rings. The van der Waals surface area contributed by atoms with Crippen molar-refractivity contribution in [1.82, 2.24) is 10.2 Å². The van der Waals surface area contributed by atoms with Gasteiger partial charge in [-0.15, -0.1) is 0 Å². The van der Waals surface area contributed by atoms with E-state index in [1.165, 1.54) is 24.8 Å². The molecule has 1 saturated carbocycles. The Kier molecular flexibility index (Phi) is 3.65. The normalized spacial score (nSPS) is 26.6. The molecular formula is C15H20ClN3. The highest BCUT2D eigenvalue weighted by molar-refractivity contribution is 6.30. The summed E-state index contributed by atoms with van der Waals surface area (Å²) in [5.41, 5.74) is 1.40. The van der Waals surface area contributed by atoms with E-state index in [4.69, 9.17) is 11.6 Å². The molecule has 0 bridgehead atoms. The van der Waals surface area contributed by atoms with E-state index in [9.17, 15) is 0 Å². The van der Waals surface area contributed by atoms with E-state index in [2.05, 4.69) is 34.4 Å². The van der Waals surface area contributed by atoms with Gasteiger partial charge in [-0.1, -0.05) is 23.7 Å². The minimum Gasteiger partial charge on any atom is -0.353 e. The first-order valence-corrected chi connectivity index (χ1v) is 7.38. The number of rotatable bonds is 2. The smallest absolute Gasteiger partial charge is 0.193 e. The molecule has 1 N–H and O–H groups in total. The van der Waals surface area contributed by atoms with Gasteiger partial charge in [0.25, 0.3) is 0 Å². The van der Waals surface area contributed by atoms with Gasteiger partial charge in [0, 0.05) is 31.2 Å². The van der Waals surface area contributed by atoms with Gasteiger partial charge in [0.15, 0.2) is 5.96 Å². The zero-order valence-corrected chi connectivity index (χ0v) is 12.0. The lowest BCUT2D eigenvalue weighted by Crippen LogP contribution is -2.50. The lowest BCUT2D eigenvalue weighted by atomic mass is 9.76. The maximum Gasteiger partial charge on any atom is 0.193 e. The van der Waals surface area contributed by atoms with Crippen molar-refractivity contribution >= 4 is 17.6 Å². The summed E-state index contributed by atoms with van der Waals surface area (Å²) in [5, 5.41) is 4.38. The number of hydrogen-bond acceptors (Lipinski definition) is 3. The lowest BCUT2D eigenvalue weighted by Gasteiger charge is -2.39. The van der Waals surface area contributed by atoms with E-state index in [0.29, 0.717) is 12.0 Å². The molecule has 1 aromatic carbocycles. The zero-order valence-electron chi connectivity index (χ0n) is 11.3.